The van der Waals surface area contributed by atoms with Crippen molar-refractivity contribution in [1.82, 2.24) is 10.6 Å². The van der Waals surface area contributed by atoms with Crippen LogP contribution in [0.25, 0.3) is 11.1 Å². The molecule has 1 aliphatic rings. The van der Waals surface area contributed by atoms with Gasteiger partial charge in [0.2, 0.25) is 11.8 Å². The SMILES string of the molecule is CCN(C(=O)NC)c1ccc(-c2cccc(C3CCC(=O)NC3=O)c2Cl)cc1. The number of carbonyl (C=O) groups excluding carboxylic acids is 3. The summed E-state index contributed by atoms with van der Waals surface area (Å²) in [5.41, 5.74) is 3.19. The van der Waals surface area contributed by atoms with E-state index in [0.717, 1.165) is 16.8 Å². The molecule has 1 unspecified atom stereocenters. The van der Waals surface area contributed by atoms with Gasteiger partial charge in [0.25, 0.3) is 0 Å². The average Bonchev–Trinajstić information content (AvgIpc) is 2.70. The first kappa shape index (κ1) is 19.9. The molecule has 0 aromatic heterocycles. The Kier molecular flexibility index (Phi) is 5.99. The van der Waals surface area contributed by atoms with Crippen molar-refractivity contribution in [2.75, 3.05) is 18.5 Å². The smallest absolute Gasteiger partial charge is 0.321 e. The Morgan fingerprint density at radius 1 is 1.21 bits per heavy atom. The van der Waals surface area contributed by atoms with Crippen LogP contribution in [0, 0.1) is 0 Å². The number of nitrogens with one attached hydrogen (secondary N) is 2. The minimum Gasteiger partial charge on any atom is -0.341 e. The van der Waals surface area contributed by atoms with Gasteiger partial charge in [-0.2, -0.15) is 0 Å². The first-order chi connectivity index (χ1) is 13.5. The summed E-state index contributed by atoms with van der Waals surface area (Å²) in [6.45, 7) is 2.45. The lowest BCUT2D eigenvalue weighted by Crippen LogP contribution is -2.39. The highest BCUT2D eigenvalue weighted by atomic mass is 35.5. The van der Waals surface area contributed by atoms with Crippen LogP contribution < -0.4 is 15.5 Å². The van der Waals surface area contributed by atoms with Gasteiger partial charge in [0.05, 0.1) is 10.9 Å². The van der Waals surface area contributed by atoms with Crippen LogP contribution in [0.5, 0.6) is 0 Å². The lowest BCUT2D eigenvalue weighted by Gasteiger charge is -2.23. The van der Waals surface area contributed by atoms with Crippen molar-refractivity contribution >= 4 is 35.1 Å². The number of piperidine rings is 1. The molecular formula is C21H22ClN3O3. The van der Waals surface area contributed by atoms with Crippen molar-refractivity contribution in [3.63, 3.8) is 0 Å². The Labute approximate surface area is 168 Å². The molecule has 2 aromatic carbocycles. The molecule has 146 valence electrons. The molecule has 28 heavy (non-hydrogen) atoms. The second-order valence-corrected chi connectivity index (χ2v) is 6.94. The Bertz CT molecular complexity index is 912. The third kappa shape index (κ3) is 3.87. The van der Waals surface area contributed by atoms with Crippen LogP contribution in [0.3, 0.4) is 0 Å². The Morgan fingerprint density at radius 2 is 1.93 bits per heavy atom. The van der Waals surface area contributed by atoms with Crippen LogP contribution in [-0.4, -0.2) is 31.4 Å². The number of imide groups is 1. The number of nitrogens with zero attached hydrogens (tertiary/aromatic N) is 1. The molecule has 1 heterocycles. The highest BCUT2D eigenvalue weighted by Gasteiger charge is 2.30. The van der Waals surface area contributed by atoms with Gasteiger partial charge in [-0.3, -0.25) is 19.8 Å². The predicted molar refractivity (Wildman–Crippen MR) is 109 cm³/mol. The average molecular weight is 400 g/mol. The van der Waals surface area contributed by atoms with Gasteiger partial charge in [0, 0.05) is 31.3 Å². The summed E-state index contributed by atoms with van der Waals surface area (Å²) in [5, 5.41) is 5.51. The molecule has 0 spiro atoms. The summed E-state index contributed by atoms with van der Waals surface area (Å²) >= 11 is 6.64. The second kappa shape index (κ2) is 8.44. The van der Waals surface area contributed by atoms with Crippen LogP contribution in [0.1, 0.15) is 31.2 Å². The van der Waals surface area contributed by atoms with Gasteiger partial charge in [-0.15, -0.1) is 0 Å². The van der Waals surface area contributed by atoms with E-state index in [1.807, 2.05) is 49.4 Å². The predicted octanol–water partition coefficient (Wildman–Crippen LogP) is 3.69. The van der Waals surface area contributed by atoms with Crippen LogP contribution in [-0.2, 0) is 9.59 Å². The number of carbonyl (C=O) groups is 3. The summed E-state index contributed by atoms with van der Waals surface area (Å²) in [5.74, 6) is -0.996. The fraction of sp³-hybridized carbons (Fsp3) is 0.286. The first-order valence-electron chi connectivity index (χ1n) is 9.18. The van der Waals surface area contributed by atoms with E-state index in [2.05, 4.69) is 10.6 Å². The lowest BCUT2D eigenvalue weighted by atomic mass is 9.88. The zero-order chi connectivity index (χ0) is 20.3. The number of rotatable bonds is 4. The molecular weight excluding hydrogens is 378 g/mol. The first-order valence-corrected chi connectivity index (χ1v) is 9.55. The Balaban J connectivity index is 1.91. The van der Waals surface area contributed by atoms with Crippen molar-refractivity contribution in [3.05, 3.63) is 53.1 Å². The molecule has 0 saturated carbocycles. The molecule has 3 rings (SSSR count). The minimum atomic E-state index is -0.437. The van der Waals surface area contributed by atoms with Crippen LogP contribution in [0.15, 0.2) is 42.5 Å². The van der Waals surface area contributed by atoms with E-state index < -0.39 is 5.92 Å². The molecule has 2 N–H and O–H groups in total. The molecule has 1 saturated heterocycles. The quantitative estimate of drug-likeness (QED) is 0.769. The molecule has 6 nitrogen and oxygen atoms in total. The van der Waals surface area contributed by atoms with Gasteiger partial charge < -0.3 is 5.32 Å². The maximum atomic E-state index is 12.2. The third-order valence-electron chi connectivity index (χ3n) is 4.91. The summed E-state index contributed by atoms with van der Waals surface area (Å²) in [7, 11) is 1.60. The van der Waals surface area contributed by atoms with Crippen LogP contribution in [0.4, 0.5) is 10.5 Å². The van der Waals surface area contributed by atoms with E-state index in [-0.39, 0.29) is 17.8 Å². The number of anilines is 1. The fourth-order valence-corrected chi connectivity index (χ4v) is 3.80. The molecule has 0 bridgehead atoms. The molecule has 1 atom stereocenters. The van der Waals surface area contributed by atoms with Crippen molar-refractivity contribution in [2.45, 2.75) is 25.7 Å². The van der Waals surface area contributed by atoms with Crippen molar-refractivity contribution in [2.24, 2.45) is 0 Å². The largest absolute Gasteiger partial charge is 0.341 e. The van der Waals surface area contributed by atoms with Crippen molar-refractivity contribution < 1.29 is 14.4 Å². The summed E-state index contributed by atoms with van der Waals surface area (Å²) < 4.78 is 0. The molecule has 1 fully saturated rings. The number of benzene rings is 2. The second-order valence-electron chi connectivity index (χ2n) is 6.56. The van der Waals surface area contributed by atoms with Gasteiger partial charge in [0.1, 0.15) is 0 Å². The Morgan fingerprint density at radius 3 is 2.54 bits per heavy atom. The summed E-state index contributed by atoms with van der Waals surface area (Å²) in [6.07, 6.45) is 0.752. The topological polar surface area (TPSA) is 78.5 Å². The molecule has 1 aliphatic heterocycles. The van der Waals surface area contributed by atoms with E-state index >= 15 is 0 Å². The molecule has 4 amide bonds. The number of amides is 4. The molecule has 2 aromatic rings. The zero-order valence-corrected chi connectivity index (χ0v) is 16.5. The van der Waals surface area contributed by atoms with Crippen molar-refractivity contribution in [3.8, 4) is 11.1 Å². The van der Waals surface area contributed by atoms with E-state index in [0.29, 0.717) is 30.0 Å². The third-order valence-corrected chi connectivity index (χ3v) is 5.33. The van der Waals surface area contributed by atoms with Gasteiger partial charge in [0.15, 0.2) is 0 Å². The molecule has 0 aliphatic carbocycles. The van der Waals surface area contributed by atoms with Crippen LogP contribution in [0.2, 0.25) is 5.02 Å². The number of halogens is 1. The minimum absolute atomic E-state index is 0.173. The number of hydrogen-bond donors (Lipinski definition) is 2. The maximum absolute atomic E-state index is 12.2. The van der Waals surface area contributed by atoms with Gasteiger partial charge in [-0.1, -0.05) is 41.9 Å². The lowest BCUT2D eigenvalue weighted by molar-refractivity contribution is -0.134. The number of hydrogen-bond acceptors (Lipinski definition) is 3. The molecule has 7 heteroatoms. The van der Waals surface area contributed by atoms with Crippen LogP contribution >= 0.6 is 11.6 Å². The summed E-state index contributed by atoms with van der Waals surface area (Å²) in [6, 6.07) is 12.9. The van der Waals surface area contributed by atoms with E-state index in [1.54, 1.807) is 11.9 Å². The van der Waals surface area contributed by atoms with E-state index in [4.69, 9.17) is 11.6 Å². The van der Waals surface area contributed by atoms with Gasteiger partial charge in [-0.05, 0) is 36.6 Å². The fourth-order valence-electron chi connectivity index (χ4n) is 3.43. The van der Waals surface area contributed by atoms with Crippen molar-refractivity contribution in [1.29, 1.82) is 0 Å². The monoisotopic (exact) mass is 399 g/mol. The zero-order valence-electron chi connectivity index (χ0n) is 15.8. The van der Waals surface area contributed by atoms with Gasteiger partial charge >= 0.3 is 6.03 Å². The molecule has 0 radical (unpaired) electrons. The number of urea groups is 1. The Hall–Kier alpha value is -2.86. The highest BCUT2D eigenvalue weighted by Crippen LogP contribution is 2.37. The highest BCUT2D eigenvalue weighted by molar-refractivity contribution is 6.34. The van der Waals surface area contributed by atoms with Gasteiger partial charge in [-0.25, -0.2) is 4.79 Å². The normalized spacial score (nSPS) is 16.5. The summed E-state index contributed by atoms with van der Waals surface area (Å²) in [4.78, 5) is 37.2. The van der Waals surface area contributed by atoms with E-state index in [9.17, 15) is 14.4 Å². The standard InChI is InChI=1S/C21H22ClN3O3/c1-3-25(21(28)23-2)14-9-7-13(8-10-14)15-5-4-6-16(19(15)22)17-11-12-18(26)24-20(17)27/h4-10,17H,3,11-12H2,1-2H3,(H,23,28)(H,24,26,27). The maximum Gasteiger partial charge on any atom is 0.321 e. The van der Waals surface area contributed by atoms with E-state index in [1.165, 1.54) is 0 Å².